The molecule has 0 saturated carbocycles. The Balaban J connectivity index is 2.20. The zero-order chi connectivity index (χ0) is 11.4. The SMILES string of the molecule is Cc1cccc(Oc2cc(NN)ncn2)c1. The van der Waals surface area contributed by atoms with Crippen molar-refractivity contribution >= 4 is 5.82 Å². The smallest absolute Gasteiger partial charge is 0.224 e. The van der Waals surface area contributed by atoms with E-state index in [2.05, 4.69) is 15.4 Å². The molecule has 0 aliphatic rings. The van der Waals surface area contributed by atoms with Gasteiger partial charge in [0.2, 0.25) is 5.88 Å². The molecule has 5 nitrogen and oxygen atoms in total. The Kier molecular flexibility index (Phi) is 2.98. The molecule has 1 aromatic carbocycles. The van der Waals surface area contributed by atoms with E-state index in [1.807, 2.05) is 31.2 Å². The maximum atomic E-state index is 5.56. The summed E-state index contributed by atoms with van der Waals surface area (Å²) in [4.78, 5) is 7.87. The van der Waals surface area contributed by atoms with Crippen LogP contribution in [0.1, 0.15) is 5.56 Å². The van der Waals surface area contributed by atoms with Gasteiger partial charge in [0, 0.05) is 6.07 Å². The number of hydrogen-bond donors (Lipinski definition) is 2. The van der Waals surface area contributed by atoms with Gasteiger partial charge in [-0.15, -0.1) is 0 Å². The van der Waals surface area contributed by atoms with Crippen molar-refractivity contribution < 1.29 is 4.74 Å². The molecule has 0 saturated heterocycles. The number of aromatic nitrogens is 2. The number of nitrogens with zero attached hydrogens (tertiary/aromatic N) is 2. The Morgan fingerprint density at radius 3 is 2.88 bits per heavy atom. The zero-order valence-corrected chi connectivity index (χ0v) is 8.84. The highest BCUT2D eigenvalue weighted by molar-refractivity contribution is 5.38. The molecule has 3 N–H and O–H groups in total. The fraction of sp³-hybridized carbons (Fsp3) is 0.0909. The Hall–Kier alpha value is -2.14. The lowest BCUT2D eigenvalue weighted by Crippen LogP contribution is -2.08. The van der Waals surface area contributed by atoms with Gasteiger partial charge in [-0.3, -0.25) is 0 Å². The van der Waals surface area contributed by atoms with Crippen LogP contribution in [0.4, 0.5) is 5.82 Å². The summed E-state index contributed by atoms with van der Waals surface area (Å²) < 4.78 is 5.56. The molecule has 82 valence electrons. The topological polar surface area (TPSA) is 73.1 Å². The molecular formula is C11H12N4O. The lowest BCUT2D eigenvalue weighted by molar-refractivity contribution is 0.461. The van der Waals surface area contributed by atoms with Gasteiger partial charge in [-0.2, -0.15) is 0 Å². The van der Waals surface area contributed by atoms with Gasteiger partial charge in [-0.25, -0.2) is 15.8 Å². The van der Waals surface area contributed by atoms with E-state index in [4.69, 9.17) is 10.6 Å². The Morgan fingerprint density at radius 1 is 1.25 bits per heavy atom. The van der Waals surface area contributed by atoms with E-state index in [1.54, 1.807) is 6.07 Å². The Bertz CT molecular complexity index is 487. The van der Waals surface area contributed by atoms with Crippen LogP contribution in [0.3, 0.4) is 0 Å². The molecular weight excluding hydrogens is 204 g/mol. The molecule has 0 fully saturated rings. The van der Waals surface area contributed by atoms with Crippen LogP contribution < -0.4 is 16.0 Å². The molecule has 0 radical (unpaired) electrons. The molecule has 2 rings (SSSR count). The largest absolute Gasteiger partial charge is 0.439 e. The van der Waals surface area contributed by atoms with Crippen LogP contribution in [0.15, 0.2) is 36.7 Å². The van der Waals surface area contributed by atoms with Gasteiger partial charge in [0.25, 0.3) is 0 Å². The van der Waals surface area contributed by atoms with Crippen molar-refractivity contribution in [3.63, 3.8) is 0 Å². The van der Waals surface area contributed by atoms with E-state index in [1.165, 1.54) is 6.33 Å². The standard InChI is InChI=1S/C11H12N4O/c1-8-3-2-4-9(5-8)16-11-6-10(15-12)13-7-14-11/h2-7H,12H2,1H3,(H,13,14,15). The number of rotatable bonds is 3. The first kappa shape index (κ1) is 10.4. The maximum Gasteiger partial charge on any atom is 0.224 e. The first-order valence-electron chi connectivity index (χ1n) is 4.81. The summed E-state index contributed by atoms with van der Waals surface area (Å²) >= 11 is 0. The number of hydrogen-bond acceptors (Lipinski definition) is 5. The van der Waals surface area contributed by atoms with E-state index in [9.17, 15) is 0 Å². The minimum atomic E-state index is 0.452. The third-order valence-electron chi connectivity index (χ3n) is 2.00. The number of nitrogens with two attached hydrogens (primary N) is 1. The van der Waals surface area contributed by atoms with Crippen molar-refractivity contribution in [2.24, 2.45) is 5.84 Å². The summed E-state index contributed by atoms with van der Waals surface area (Å²) in [7, 11) is 0. The number of nitrogen functional groups attached to an aromatic ring is 1. The van der Waals surface area contributed by atoms with Gasteiger partial charge >= 0.3 is 0 Å². The zero-order valence-electron chi connectivity index (χ0n) is 8.84. The summed E-state index contributed by atoms with van der Waals surface area (Å²) in [6.45, 7) is 2.00. The Morgan fingerprint density at radius 2 is 2.12 bits per heavy atom. The van der Waals surface area contributed by atoms with E-state index in [-0.39, 0.29) is 0 Å². The minimum Gasteiger partial charge on any atom is -0.439 e. The lowest BCUT2D eigenvalue weighted by atomic mass is 10.2. The first-order valence-corrected chi connectivity index (χ1v) is 4.81. The van der Waals surface area contributed by atoms with Crippen LogP contribution >= 0.6 is 0 Å². The number of aryl methyl sites for hydroxylation is 1. The highest BCUT2D eigenvalue weighted by Crippen LogP contribution is 2.20. The molecule has 0 aliphatic carbocycles. The van der Waals surface area contributed by atoms with Crippen LogP contribution in [-0.4, -0.2) is 9.97 Å². The van der Waals surface area contributed by atoms with Crippen molar-refractivity contribution in [2.45, 2.75) is 6.92 Å². The number of anilines is 1. The van der Waals surface area contributed by atoms with Crippen LogP contribution in [-0.2, 0) is 0 Å². The van der Waals surface area contributed by atoms with Crippen LogP contribution in [0, 0.1) is 6.92 Å². The molecule has 0 unspecified atom stereocenters. The third kappa shape index (κ3) is 2.46. The fourth-order valence-corrected chi connectivity index (χ4v) is 1.27. The van der Waals surface area contributed by atoms with Crippen LogP contribution in [0.5, 0.6) is 11.6 Å². The minimum absolute atomic E-state index is 0.452. The predicted molar refractivity (Wildman–Crippen MR) is 61.1 cm³/mol. The number of nitrogens with one attached hydrogen (secondary N) is 1. The summed E-state index contributed by atoms with van der Waals surface area (Å²) in [6, 6.07) is 9.35. The lowest BCUT2D eigenvalue weighted by Gasteiger charge is -2.06. The van der Waals surface area contributed by atoms with E-state index in [0.29, 0.717) is 11.7 Å². The molecule has 0 aliphatic heterocycles. The first-order chi connectivity index (χ1) is 7.78. The maximum absolute atomic E-state index is 5.56. The normalized spacial score (nSPS) is 9.88. The summed E-state index contributed by atoms with van der Waals surface area (Å²) in [5, 5.41) is 0. The second-order valence-corrected chi connectivity index (χ2v) is 3.30. The van der Waals surface area contributed by atoms with Gasteiger partial charge in [-0.05, 0) is 24.6 Å². The van der Waals surface area contributed by atoms with Crippen molar-refractivity contribution in [1.29, 1.82) is 0 Å². The van der Waals surface area contributed by atoms with Crippen molar-refractivity contribution in [2.75, 3.05) is 5.43 Å². The van der Waals surface area contributed by atoms with Crippen molar-refractivity contribution in [3.8, 4) is 11.6 Å². The van der Waals surface area contributed by atoms with Crippen molar-refractivity contribution in [1.82, 2.24) is 9.97 Å². The fourth-order valence-electron chi connectivity index (χ4n) is 1.27. The molecule has 0 spiro atoms. The molecule has 0 amide bonds. The number of ether oxygens (including phenoxy) is 1. The summed E-state index contributed by atoms with van der Waals surface area (Å²) in [5.74, 6) is 6.94. The molecule has 16 heavy (non-hydrogen) atoms. The molecule has 2 aromatic rings. The van der Waals surface area contributed by atoms with E-state index < -0.39 is 0 Å². The summed E-state index contributed by atoms with van der Waals surface area (Å²) in [6.07, 6.45) is 1.39. The highest BCUT2D eigenvalue weighted by atomic mass is 16.5. The average molecular weight is 216 g/mol. The van der Waals surface area contributed by atoms with Gasteiger partial charge in [0.05, 0.1) is 0 Å². The second kappa shape index (κ2) is 4.59. The van der Waals surface area contributed by atoms with Crippen LogP contribution in [0.2, 0.25) is 0 Å². The third-order valence-corrected chi connectivity index (χ3v) is 2.00. The second-order valence-electron chi connectivity index (χ2n) is 3.30. The van der Waals surface area contributed by atoms with Crippen LogP contribution in [0.25, 0.3) is 0 Å². The van der Waals surface area contributed by atoms with Gasteiger partial charge in [0.1, 0.15) is 17.9 Å². The highest BCUT2D eigenvalue weighted by Gasteiger charge is 2.00. The predicted octanol–water partition coefficient (Wildman–Crippen LogP) is 1.86. The average Bonchev–Trinajstić information content (AvgIpc) is 2.29. The van der Waals surface area contributed by atoms with E-state index >= 15 is 0 Å². The molecule has 1 aromatic heterocycles. The number of benzene rings is 1. The quantitative estimate of drug-likeness (QED) is 0.605. The monoisotopic (exact) mass is 216 g/mol. The van der Waals surface area contributed by atoms with Gasteiger partial charge < -0.3 is 10.2 Å². The summed E-state index contributed by atoms with van der Waals surface area (Å²) in [5.41, 5.74) is 3.56. The Labute approximate surface area is 93.3 Å². The van der Waals surface area contributed by atoms with Gasteiger partial charge in [-0.1, -0.05) is 12.1 Å². The number of hydrazine groups is 1. The molecule has 0 atom stereocenters. The van der Waals surface area contributed by atoms with Gasteiger partial charge in [0.15, 0.2) is 0 Å². The molecule has 0 bridgehead atoms. The van der Waals surface area contributed by atoms with E-state index in [0.717, 1.165) is 11.3 Å². The molecule has 1 heterocycles. The van der Waals surface area contributed by atoms with Crippen molar-refractivity contribution in [3.05, 3.63) is 42.2 Å². The molecule has 5 heteroatoms.